The van der Waals surface area contributed by atoms with Crippen LogP contribution in [0.3, 0.4) is 0 Å². The van der Waals surface area contributed by atoms with Crippen molar-refractivity contribution in [2.24, 2.45) is 0 Å². The van der Waals surface area contributed by atoms with Crippen LogP contribution in [0.5, 0.6) is 5.88 Å². The van der Waals surface area contributed by atoms with Crippen molar-refractivity contribution in [3.8, 4) is 5.88 Å². The van der Waals surface area contributed by atoms with Crippen LogP contribution < -0.4 is 15.0 Å². The Morgan fingerprint density at radius 1 is 1.20 bits per heavy atom. The molecular formula is C26H33N7O2. The van der Waals surface area contributed by atoms with Crippen molar-refractivity contribution >= 4 is 34.1 Å². The lowest BCUT2D eigenvalue weighted by Gasteiger charge is -2.38. The summed E-state index contributed by atoms with van der Waals surface area (Å²) in [7, 11) is 7.38. The number of pyridine rings is 1. The van der Waals surface area contributed by atoms with Gasteiger partial charge in [0.15, 0.2) is 0 Å². The molecule has 0 spiro atoms. The minimum Gasteiger partial charge on any atom is -0.480 e. The van der Waals surface area contributed by atoms with Crippen molar-refractivity contribution in [1.29, 1.82) is 0 Å². The minimum absolute atomic E-state index is 0.129. The number of carbonyl (C=O) groups is 1. The molecule has 4 heterocycles. The number of carbonyl (C=O) groups excluding carboxylic acids is 1. The van der Waals surface area contributed by atoms with Gasteiger partial charge >= 0.3 is 0 Å². The number of methoxy groups -OCH3 is 1. The third-order valence-corrected chi connectivity index (χ3v) is 6.89. The minimum atomic E-state index is -0.183. The number of fused-ring (bicyclic) bond motifs is 2. The molecule has 1 fully saturated rings. The second kappa shape index (κ2) is 9.65. The molecule has 9 nitrogen and oxygen atoms in total. The van der Waals surface area contributed by atoms with Gasteiger partial charge in [0.1, 0.15) is 11.7 Å². The topological polar surface area (TPSA) is 86.7 Å². The Hall–Kier alpha value is -3.46. The molecule has 3 aromatic rings. The quantitative estimate of drug-likeness (QED) is 0.602. The molecule has 5 rings (SSSR count). The molecule has 2 aliphatic rings. The lowest BCUT2D eigenvalue weighted by molar-refractivity contribution is -0.130. The number of nitrogens with one attached hydrogen (secondary N) is 1. The zero-order valence-corrected chi connectivity index (χ0v) is 20.9. The van der Waals surface area contributed by atoms with Gasteiger partial charge in [0, 0.05) is 51.7 Å². The van der Waals surface area contributed by atoms with E-state index in [1.807, 2.05) is 32.4 Å². The fraction of sp³-hybridized carbons (Fsp3) is 0.462. The van der Waals surface area contributed by atoms with Crippen molar-refractivity contribution in [2.75, 3.05) is 51.6 Å². The molecule has 1 unspecified atom stereocenters. The van der Waals surface area contributed by atoms with Crippen LogP contribution in [0, 0.1) is 0 Å². The maximum absolute atomic E-state index is 13.0. The highest BCUT2D eigenvalue weighted by molar-refractivity contribution is 5.94. The number of piperidine rings is 1. The fourth-order valence-electron chi connectivity index (χ4n) is 5.07. The molecule has 184 valence electrons. The van der Waals surface area contributed by atoms with Gasteiger partial charge in [-0.05, 0) is 44.0 Å². The lowest BCUT2D eigenvalue weighted by atomic mass is 9.99. The predicted octanol–water partition coefficient (Wildman–Crippen LogP) is 3.21. The zero-order chi connectivity index (χ0) is 24.5. The highest BCUT2D eigenvalue weighted by Gasteiger charge is 2.31. The highest BCUT2D eigenvalue weighted by Crippen LogP contribution is 2.33. The van der Waals surface area contributed by atoms with Gasteiger partial charge in [-0.1, -0.05) is 12.1 Å². The molecule has 0 radical (unpaired) electrons. The number of aromatic nitrogens is 3. The molecular weight excluding hydrogens is 442 g/mol. The zero-order valence-electron chi connectivity index (χ0n) is 20.9. The number of hydrogen-bond donors (Lipinski definition) is 1. The average Bonchev–Trinajstić information content (AvgIpc) is 2.87. The van der Waals surface area contributed by atoms with E-state index in [1.165, 1.54) is 5.56 Å². The van der Waals surface area contributed by atoms with Crippen molar-refractivity contribution in [3.63, 3.8) is 0 Å². The monoisotopic (exact) mass is 475 g/mol. The van der Waals surface area contributed by atoms with Gasteiger partial charge < -0.3 is 24.8 Å². The second-order valence-corrected chi connectivity index (χ2v) is 9.61. The second-order valence-electron chi connectivity index (χ2n) is 9.61. The van der Waals surface area contributed by atoms with E-state index in [9.17, 15) is 4.79 Å². The van der Waals surface area contributed by atoms with Crippen LogP contribution in [0.15, 0.2) is 30.5 Å². The first-order valence-electron chi connectivity index (χ1n) is 12.2. The van der Waals surface area contributed by atoms with Gasteiger partial charge in [0.05, 0.1) is 24.0 Å². The largest absolute Gasteiger partial charge is 0.480 e. The molecule has 1 N–H and O–H groups in total. The summed E-state index contributed by atoms with van der Waals surface area (Å²) in [5, 5.41) is 4.28. The molecule has 1 amide bonds. The molecule has 0 aliphatic carbocycles. The van der Waals surface area contributed by atoms with Crippen molar-refractivity contribution < 1.29 is 9.53 Å². The maximum atomic E-state index is 13.0. The molecule has 0 bridgehead atoms. The van der Waals surface area contributed by atoms with Crippen LogP contribution in [0.25, 0.3) is 10.9 Å². The number of rotatable bonds is 5. The summed E-state index contributed by atoms with van der Waals surface area (Å²) in [5.41, 5.74) is 4.80. The standard InChI is InChI=1S/C26H33N7O2/c1-31(2)25(34)22-9-5-6-12-33(22)21-10-7-8-17-15-27-26(30-23(17)21)29-20-14-18-16-32(3)13-11-19(18)28-24(20)35-4/h7-8,10,14-15,22H,5-6,9,11-13,16H2,1-4H3,(H,27,29,30). The van der Waals surface area contributed by atoms with Crippen molar-refractivity contribution in [1.82, 2.24) is 24.8 Å². The number of amides is 1. The number of hydrogen-bond acceptors (Lipinski definition) is 8. The molecule has 35 heavy (non-hydrogen) atoms. The summed E-state index contributed by atoms with van der Waals surface area (Å²) in [6.45, 7) is 2.66. The number of para-hydroxylation sites is 1. The summed E-state index contributed by atoms with van der Waals surface area (Å²) in [6, 6.07) is 7.97. The van der Waals surface area contributed by atoms with Gasteiger partial charge in [0.25, 0.3) is 0 Å². The summed E-state index contributed by atoms with van der Waals surface area (Å²) in [4.78, 5) is 33.3. The average molecular weight is 476 g/mol. The molecule has 9 heteroatoms. The number of benzene rings is 1. The summed E-state index contributed by atoms with van der Waals surface area (Å²) in [6.07, 6.45) is 5.67. The maximum Gasteiger partial charge on any atom is 0.244 e. The first-order valence-corrected chi connectivity index (χ1v) is 12.2. The Morgan fingerprint density at radius 3 is 2.86 bits per heavy atom. The number of nitrogens with zero attached hydrogens (tertiary/aromatic N) is 6. The van der Waals surface area contributed by atoms with E-state index in [0.29, 0.717) is 11.8 Å². The Bertz CT molecular complexity index is 1250. The molecule has 0 saturated carbocycles. The Labute approximate surface area is 206 Å². The SMILES string of the molecule is COc1nc2c(cc1Nc1ncc3cccc(N4CCCCC4C(=O)N(C)C)c3n1)CN(C)CC2. The molecule has 1 saturated heterocycles. The van der Waals surface area contributed by atoms with Gasteiger partial charge in [0.2, 0.25) is 17.7 Å². The predicted molar refractivity (Wildman–Crippen MR) is 137 cm³/mol. The summed E-state index contributed by atoms with van der Waals surface area (Å²) in [5.74, 6) is 1.14. The van der Waals surface area contributed by atoms with E-state index in [0.717, 1.165) is 73.3 Å². The van der Waals surface area contributed by atoms with E-state index in [-0.39, 0.29) is 11.9 Å². The van der Waals surface area contributed by atoms with Crippen LogP contribution in [-0.4, -0.2) is 78.0 Å². The third kappa shape index (κ3) is 4.60. The van der Waals surface area contributed by atoms with Crippen LogP contribution in [-0.2, 0) is 17.8 Å². The molecule has 2 aromatic heterocycles. The Morgan fingerprint density at radius 2 is 2.06 bits per heavy atom. The number of likely N-dealkylation sites (N-methyl/N-ethyl adjacent to an activating group) is 2. The Kier molecular flexibility index (Phi) is 6.42. The van der Waals surface area contributed by atoms with Gasteiger partial charge in [-0.3, -0.25) is 4.79 Å². The van der Waals surface area contributed by atoms with Crippen LogP contribution in [0.2, 0.25) is 0 Å². The Balaban J connectivity index is 1.51. The first kappa shape index (κ1) is 23.3. The van der Waals surface area contributed by atoms with Crippen molar-refractivity contribution in [3.05, 3.63) is 41.7 Å². The summed E-state index contributed by atoms with van der Waals surface area (Å²) >= 11 is 0. The van der Waals surface area contributed by atoms with E-state index in [1.54, 1.807) is 12.0 Å². The molecule has 2 aliphatic heterocycles. The number of anilines is 3. The van der Waals surface area contributed by atoms with Crippen LogP contribution in [0.1, 0.15) is 30.5 Å². The smallest absolute Gasteiger partial charge is 0.244 e. The highest BCUT2D eigenvalue weighted by atomic mass is 16.5. The van der Waals surface area contributed by atoms with Gasteiger partial charge in [-0.25, -0.2) is 15.0 Å². The lowest BCUT2D eigenvalue weighted by Crippen LogP contribution is -2.49. The number of ether oxygens (including phenoxy) is 1. The van der Waals surface area contributed by atoms with E-state index in [2.05, 4.69) is 39.3 Å². The van der Waals surface area contributed by atoms with Crippen molar-refractivity contribution in [2.45, 2.75) is 38.3 Å². The van der Waals surface area contributed by atoms with E-state index >= 15 is 0 Å². The van der Waals surface area contributed by atoms with E-state index in [4.69, 9.17) is 14.7 Å². The fourth-order valence-corrected chi connectivity index (χ4v) is 5.07. The van der Waals surface area contributed by atoms with Gasteiger partial charge in [-0.15, -0.1) is 0 Å². The summed E-state index contributed by atoms with van der Waals surface area (Å²) < 4.78 is 5.59. The van der Waals surface area contributed by atoms with Crippen LogP contribution >= 0.6 is 0 Å². The normalized spacial score (nSPS) is 18.3. The molecule has 1 aromatic carbocycles. The molecule has 1 atom stereocenters. The third-order valence-electron chi connectivity index (χ3n) is 6.89. The first-order chi connectivity index (χ1) is 16.9. The van der Waals surface area contributed by atoms with Gasteiger partial charge in [-0.2, -0.15) is 0 Å². The van der Waals surface area contributed by atoms with Crippen LogP contribution in [0.4, 0.5) is 17.3 Å². The van der Waals surface area contributed by atoms with E-state index < -0.39 is 0 Å².